The molecule has 12 aromatic rings. The summed E-state index contributed by atoms with van der Waals surface area (Å²) >= 11 is 0. The lowest BCUT2D eigenvalue weighted by atomic mass is 9.70. The van der Waals surface area contributed by atoms with Gasteiger partial charge in [-0.3, -0.25) is 0 Å². The lowest BCUT2D eigenvalue weighted by Crippen LogP contribution is -2.25. The molecule has 0 radical (unpaired) electrons. The van der Waals surface area contributed by atoms with Gasteiger partial charge in [-0.15, -0.1) is 0 Å². The standard InChI is InChI=1S/C68H44/c1-67(2)58-27-12-9-20-49(58)52-34-32-46(39-62(52)67)65-55-25-7-5-23-53(55)64(54-24-6-8-26-56(54)65)45-18-15-17-42(36-45)43-30-31-44-38-57-63(40-47(44)37-43)68(61-35-33-41-16-3-4-19-48(41)66(57)61)59-28-13-10-21-50(59)51-22-11-14-29-60(51)68/h3-40H,1-2H3. The van der Waals surface area contributed by atoms with Gasteiger partial charge >= 0.3 is 0 Å². The van der Waals surface area contributed by atoms with E-state index < -0.39 is 5.41 Å². The number of fused-ring (bicyclic) bond motifs is 18. The molecule has 0 heteroatoms. The first-order valence-electron chi connectivity index (χ1n) is 24.1. The van der Waals surface area contributed by atoms with Crippen LogP contribution in [0.25, 0.3) is 110 Å². The summed E-state index contributed by atoms with van der Waals surface area (Å²) in [7, 11) is 0. The average molecular weight is 861 g/mol. The second kappa shape index (κ2) is 13.6. The zero-order valence-electron chi connectivity index (χ0n) is 37.9. The highest BCUT2D eigenvalue weighted by Crippen LogP contribution is 2.64. The summed E-state index contributed by atoms with van der Waals surface area (Å²) in [6.07, 6.45) is 0. The molecule has 3 aliphatic carbocycles. The van der Waals surface area contributed by atoms with Crippen molar-refractivity contribution in [2.75, 3.05) is 0 Å². The third-order valence-electron chi connectivity index (χ3n) is 16.2. The van der Waals surface area contributed by atoms with Gasteiger partial charge in [0.25, 0.3) is 0 Å². The van der Waals surface area contributed by atoms with Crippen LogP contribution in [0.4, 0.5) is 0 Å². The molecule has 15 rings (SSSR count). The van der Waals surface area contributed by atoms with Crippen LogP contribution in [0.2, 0.25) is 0 Å². The Morgan fingerprint density at radius 3 is 1.41 bits per heavy atom. The third-order valence-corrected chi connectivity index (χ3v) is 16.2. The molecule has 68 heavy (non-hydrogen) atoms. The molecule has 0 heterocycles. The van der Waals surface area contributed by atoms with Gasteiger partial charge in [0, 0.05) is 5.41 Å². The van der Waals surface area contributed by atoms with E-state index in [9.17, 15) is 0 Å². The minimum Gasteiger partial charge on any atom is -0.0619 e. The van der Waals surface area contributed by atoms with Crippen LogP contribution in [-0.4, -0.2) is 0 Å². The molecule has 0 nitrogen and oxygen atoms in total. The Balaban J connectivity index is 0.908. The van der Waals surface area contributed by atoms with Crippen LogP contribution in [0.15, 0.2) is 231 Å². The zero-order chi connectivity index (χ0) is 44.9. The number of benzene rings is 12. The highest BCUT2D eigenvalue weighted by Gasteiger charge is 2.52. The van der Waals surface area contributed by atoms with Crippen molar-refractivity contribution in [2.24, 2.45) is 0 Å². The summed E-state index contributed by atoms with van der Waals surface area (Å²) in [5, 5.41) is 10.2. The summed E-state index contributed by atoms with van der Waals surface area (Å²) in [5.41, 5.74) is 23.3. The fraction of sp³-hybridized carbons (Fsp3) is 0.0588. The van der Waals surface area contributed by atoms with Gasteiger partial charge in [0.1, 0.15) is 0 Å². The van der Waals surface area contributed by atoms with Crippen LogP contribution >= 0.6 is 0 Å². The maximum atomic E-state index is 2.53. The van der Waals surface area contributed by atoms with E-state index in [0.29, 0.717) is 0 Å². The SMILES string of the molecule is CC1(C)c2ccccc2-c2ccc(-c3c4ccccc4c(-c4cccc(-c5ccc6cc7c(cc6c5)C5(c6ccccc6-c6ccccc65)c5ccc6ccccc6c5-7)c4)c4ccccc34)cc21. The van der Waals surface area contributed by atoms with Crippen LogP contribution in [0.1, 0.15) is 47.2 Å². The van der Waals surface area contributed by atoms with Crippen LogP contribution in [0, 0.1) is 0 Å². The molecule has 0 saturated heterocycles. The second-order valence-electron chi connectivity index (χ2n) is 19.9. The largest absolute Gasteiger partial charge is 0.0725 e. The highest BCUT2D eigenvalue weighted by molar-refractivity contribution is 6.22. The molecule has 0 fully saturated rings. The van der Waals surface area contributed by atoms with Crippen LogP contribution < -0.4 is 0 Å². The molecular formula is C68H44. The fourth-order valence-electron chi connectivity index (χ4n) is 13.3. The van der Waals surface area contributed by atoms with Crippen molar-refractivity contribution >= 4 is 43.1 Å². The van der Waals surface area contributed by atoms with Crippen molar-refractivity contribution in [2.45, 2.75) is 24.7 Å². The van der Waals surface area contributed by atoms with Gasteiger partial charge in [-0.25, -0.2) is 0 Å². The lowest BCUT2D eigenvalue weighted by molar-refractivity contribution is 0.660. The van der Waals surface area contributed by atoms with Gasteiger partial charge < -0.3 is 0 Å². The van der Waals surface area contributed by atoms with E-state index in [-0.39, 0.29) is 5.41 Å². The van der Waals surface area contributed by atoms with Crippen molar-refractivity contribution in [3.8, 4) is 66.8 Å². The van der Waals surface area contributed by atoms with Crippen LogP contribution in [-0.2, 0) is 10.8 Å². The molecule has 0 aromatic heterocycles. The summed E-state index contributed by atoms with van der Waals surface area (Å²) in [4.78, 5) is 0. The Morgan fingerprint density at radius 1 is 0.235 bits per heavy atom. The average Bonchev–Trinajstić information content (AvgIpc) is 3.95. The molecule has 12 aromatic carbocycles. The van der Waals surface area contributed by atoms with Crippen molar-refractivity contribution in [3.05, 3.63) is 264 Å². The van der Waals surface area contributed by atoms with E-state index in [1.54, 1.807) is 0 Å². The van der Waals surface area contributed by atoms with E-state index in [1.807, 2.05) is 0 Å². The smallest absolute Gasteiger partial charge is 0.0619 e. The molecule has 0 bridgehead atoms. The highest BCUT2D eigenvalue weighted by atomic mass is 14.5. The maximum Gasteiger partial charge on any atom is 0.0725 e. The Bertz CT molecular complexity index is 4080. The third kappa shape index (κ3) is 4.89. The molecule has 0 N–H and O–H groups in total. The number of rotatable bonds is 3. The molecule has 0 unspecified atom stereocenters. The summed E-state index contributed by atoms with van der Waals surface area (Å²) in [6.45, 7) is 4.75. The first-order valence-corrected chi connectivity index (χ1v) is 24.1. The lowest BCUT2D eigenvalue weighted by Gasteiger charge is -2.30. The molecule has 0 atom stereocenters. The minimum atomic E-state index is -0.415. The predicted molar refractivity (Wildman–Crippen MR) is 287 cm³/mol. The van der Waals surface area contributed by atoms with Crippen molar-refractivity contribution in [3.63, 3.8) is 0 Å². The molecule has 3 aliphatic rings. The van der Waals surface area contributed by atoms with Crippen molar-refractivity contribution in [1.29, 1.82) is 0 Å². The maximum absolute atomic E-state index is 2.53. The van der Waals surface area contributed by atoms with Gasteiger partial charge in [-0.1, -0.05) is 214 Å². The monoisotopic (exact) mass is 860 g/mol. The molecule has 0 aliphatic heterocycles. The molecule has 0 saturated carbocycles. The number of hydrogen-bond donors (Lipinski definition) is 0. The van der Waals surface area contributed by atoms with Crippen LogP contribution in [0.5, 0.6) is 0 Å². The first-order chi connectivity index (χ1) is 33.5. The summed E-state index contributed by atoms with van der Waals surface area (Å²) in [5.74, 6) is 0. The van der Waals surface area contributed by atoms with Crippen LogP contribution in [0.3, 0.4) is 0 Å². The first kappa shape index (κ1) is 37.9. The summed E-state index contributed by atoms with van der Waals surface area (Å²) < 4.78 is 0. The van der Waals surface area contributed by atoms with Crippen molar-refractivity contribution in [1.82, 2.24) is 0 Å². The van der Waals surface area contributed by atoms with E-state index >= 15 is 0 Å². The number of hydrogen-bond acceptors (Lipinski definition) is 0. The summed E-state index contributed by atoms with van der Waals surface area (Å²) in [6, 6.07) is 87.5. The van der Waals surface area contributed by atoms with E-state index in [4.69, 9.17) is 0 Å². The van der Waals surface area contributed by atoms with E-state index in [0.717, 1.165) is 0 Å². The second-order valence-corrected chi connectivity index (χ2v) is 19.9. The predicted octanol–water partition coefficient (Wildman–Crippen LogP) is 18.0. The van der Waals surface area contributed by atoms with Gasteiger partial charge in [0.2, 0.25) is 0 Å². The van der Waals surface area contributed by atoms with Gasteiger partial charge in [-0.2, -0.15) is 0 Å². The zero-order valence-corrected chi connectivity index (χ0v) is 37.9. The van der Waals surface area contributed by atoms with Crippen molar-refractivity contribution < 1.29 is 0 Å². The quantitative estimate of drug-likeness (QED) is 0.155. The Kier molecular flexibility index (Phi) is 7.59. The topological polar surface area (TPSA) is 0 Å². The van der Waals surface area contributed by atoms with E-state index in [1.165, 1.54) is 143 Å². The normalized spacial score (nSPS) is 14.3. The van der Waals surface area contributed by atoms with Gasteiger partial charge in [0.05, 0.1) is 5.41 Å². The minimum absolute atomic E-state index is 0.0780. The molecule has 0 amide bonds. The van der Waals surface area contributed by atoms with Gasteiger partial charge in [0.15, 0.2) is 0 Å². The Labute approximate surface area is 396 Å². The van der Waals surface area contributed by atoms with Gasteiger partial charge in [-0.05, 0) is 174 Å². The Hall–Kier alpha value is -8.32. The molecular weight excluding hydrogens is 817 g/mol. The Morgan fingerprint density at radius 2 is 0.735 bits per heavy atom. The van der Waals surface area contributed by atoms with E-state index in [2.05, 4.69) is 244 Å². The fourth-order valence-corrected chi connectivity index (χ4v) is 13.3. The molecule has 316 valence electrons. The molecule has 1 spiro atoms.